The van der Waals surface area contributed by atoms with Crippen LogP contribution in [-0.2, 0) is 13.1 Å². The van der Waals surface area contributed by atoms with Gasteiger partial charge in [-0.15, -0.1) is 0 Å². The number of aromatic nitrogens is 2. The fraction of sp³-hybridized carbons (Fsp3) is 0.357. The molecule has 0 fully saturated rings. The predicted molar refractivity (Wildman–Crippen MR) is 76.7 cm³/mol. The van der Waals surface area contributed by atoms with Crippen LogP contribution < -0.4 is 10.5 Å². The highest BCUT2D eigenvalue weighted by atomic mass is 35.5. The van der Waals surface area contributed by atoms with Crippen molar-refractivity contribution in [3.63, 3.8) is 0 Å². The van der Waals surface area contributed by atoms with Crippen molar-refractivity contribution in [1.29, 1.82) is 0 Å². The third-order valence-electron chi connectivity index (χ3n) is 3.19. The standard InChI is InChI=1S/C14H18ClN3O/c1-9-14(15)10(2)18(17-9)8-11-4-5-13(19-3)12(6-11)7-16/h4-6H,7-8,16H2,1-3H3. The van der Waals surface area contributed by atoms with Crippen molar-refractivity contribution >= 4 is 11.6 Å². The highest BCUT2D eigenvalue weighted by Crippen LogP contribution is 2.22. The predicted octanol–water partition coefficient (Wildman–Crippen LogP) is 2.67. The van der Waals surface area contributed by atoms with E-state index in [4.69, 9.17) is 22.1 Å². The molecule has 2 aromatic rings. The second-order valence-corrected chi connectivity index (χ2v) is 4.87. The number of benzene rings is 1. The average molecular weight is 280 g/mol. The Hall–Kier alpha value is -1.52. The fourth-order valence-corrected chi connectivity index (χ4v) is 2.23. The number of ether oxygens (including phenoxy) is 1. The summed E-state index contributed by atoms with van der Waals surface area (Å²) >= 11 is 6.15. The van der Waals surface area contributed by atoms with Crippen molar-refractivity contribution in [2.45, 2.75) is 26.9 Å². The van der Waals surface area contributed by atoms with Crippen LogP contribution in [0.25, 0.3) is 0 Å². The smallest absolute Gasteiger partial charge is 0.123 e. The normalized spacial score (nSPS) is 10.8. The molecule has 0 amide bonds. The Morgan fingerprint density at radius 3 is 2.63 bits per heavy atom. The van der Waals surface area contributed by atoms with Crippen LogP contribution in [0.4, 0.5) is 0 Å². The minimum atomic E-state index is 0.453. The van der Waals surface area contributed by atoms with E-state index in [1.807, 2.05) is 36.7 Å². The van der Waals surface area contributed by atoms with Crippen LogP contribution in [0.15, 0.2) is 18.2 Å². The molecule has 2 N–H and O–H groups in total. The van der Waals surface area contributed by atoms with Gasteiger partial charge >= 0.3 is 0 Å². The summed E-state index contributed by atoms with van der Waals surface area (Å²) in [5, 5.41) is 5.15. The summed E-state index contributed by atoms with van der Waals surface area (Å²) in [6.07, 6.45) is 0. The van der Waals surface area contributed by atoms with Gasteiger partial charge in [0, 0.05) is 12.1 Å². The number of rotatable bonds is 4. The quantitative estimate of drug-likeness (QED) is 0.936. The van der Waals surface area contributed by atoms with Gasteiger partial charge in [-0.1, -0.05) is 17.7 Å². The molecule has 0 aliphatic heterocycles. The molecule has 1 heterocycles. The second kappa shape index (κ2) is 5.63. The number of nitrogens with two attached hydrogens (primary N) is 1. The van der Waals surface area contributed by atoms with Gasteiger partial charge < -0.3 is 10.5 Å². The largest absolute Gasteiger partial charge is 0.496 e. The Labute approximate surface area is 118 Å². The zero-order chi connectivity index (χ0) is 14.0. The SMILES string of the molecule is COc1ccc(Cn2nc(C)c(Cl)c2C)cc1CN. The van der Waals surface area contributed by atoms with E-state index in [9.17, 15) is 0 Å². The Balaban J connectivity index is 2.30. The molecule has 0 aliphatic rings. The first-order valence-electron chi connectivity index (χ1n) is 6.12. The van der Waals surface area contributed by atoms with E-state index < -0.39 is 0 Å². The highest BCUT2D eigenvalue weighted by molar-refractivity contribution is 6.31. The van der Waals surface area contributed by atoms with Crippen LogP contribution in [0.1, 0.15) is 22.5 Å². The minimum absolute atomic E-state index is 0.453. The number of hydrogen-bond donors (Lipinski definition) is 1. The van der Waals surface area contributed by atoms with Gasteiger partial charge in [-0.05, 0) is 31.5 Å². The molecule has 4 nitrogen and oxygen atoms in total. The first kappa shape index (κ1) is 13.9. The third-order valence-corrected chi connectivity index (χ3v) is 3.74. The first-order chi connectivity index (χ1) is 9.06. The number of hydrogen-bond acceptors (Lipinski definition) is 3. The van der Waals surface area contributed by atoms with E-state index in [1.54, 1.807) is 7.11 Å². The maximum Gasteiger partial charge on any atom is 0.123 e. The molecule has 0 bridgehead atoms. The summed E-state index contributed by atoms with van der Waals surface area (Å²) in [5.74, 6) is 0.817. The summed E-state index contributed by atoms with van der Waals surface area (Å²) in [4.78, 5) is 0. The van der Waals surface area contributed by atoms with Crippen molar-refractivity contribution in [1.82, 2.24) is 9.78 Å². The molecule has 5 heteroatoms. The number of aryl methyl sites for hydroxylation is 1. The van der Waals surface area contributed by atoms with E-state index in [0.29, 0.717) is 13.1 Å². The summed E-state index contributed by atoms with van der Waals surface area (Å²) < 4.78 is 7.17. The van der Waals surface area contributed by atoms with Gasteiger partial charge in [-0.2, -0.15) is 5.10 Å². The molecule has 0 spiro atoms. The Bertz CT molecular complexity index is 593. The summed E-state index contributed by atoms with van der Waals surface area (Å²) in [5.41, 5.74) is 9.67. The zero-order valence-electron chi connectivity index (χ0n) is 11.4. The van der Waals surface area contributed by atoms with Crippen LogP contribution in [0.5, 0.6) is 5.75 Å². The lowest BCUT2D eigenvalue weighted by atomic mass is 10.1. The lowest BCUT2D eigenvalue weighted by Crippen LogP contribution is -2.06. The van der Waals surface area contributed by atoms with Gasteiger partial charge in [0.25, 0.3) is 0 Å². The van der Waals surface area contributed by atoms with Gasteiger partial charge in [-0.25, -0.2) is 0 Å². The first-order valence-corrected chi connectivity index (χ1v) is 6.50. The maximum absolute atomic E-state index is 6.15. The van der Waals surface area contributed by atoms with Gasteiger partial charge in [0.15, 0.2) is 0 Å². The molecule has 102 valence electrons. The third kappa shape index (κ3) is 2.74. The molecule has 0 saturated carbocycles. The van der Waals surface area contributed by atoms with Crippen molar-refractivity contribution in [2.24, 2.45) is 5.73 Å². The maximum atomic E-state index is 6.15. The van der Waals surface area contributed by atoms with E-state index in [2.05, 4.69) is 5.10 Å². The topological polar surface area (TPSA) is 53.1 Å². The molecule has 1 aromatic heterocycles. The summed E-state index contributed by atoms with van der Waals surface area (Å²) in [6, 6.07) is 6.00. The number of methoxy groups -OCH3 is 1. The fourth-order valence-electron chi connectivity index (χ4n) is 2.09. The molecule has 0 radical (unpaired) electrons. The second-order valence-electron chi connectivity index (χ2n) is 4.49. The van der Waals surface area contributed by atoms with Crippen LogP contribution in [0, 0.1) is 13.8 Å². The highest BCUT2D eigenvalue weighted by Gasteiger charge is 2.10. The summed E-state index contributed by atoms with van der Waals surface area (Å²) in [7, 11) is 1.65. The van der Waals surface area contributed by atoms with Gasteiger partial charge in [-0.3, -0.25) is 4.68 Å². The lowest BCUT2D eigenvalue weighted by molar-refractivity contribution is 0.409. The van der Waals surface area contributed by atoms with Gasteiger partial charge in [0.05, 0.1) is 30.1 Å². The number of halogens is 1. The van der Waals surface area contributed by atoms with E-state index in [-0.39, 0.29) is 0 Å². The molecule has 0 aliphatic carbocycles. The van der Waals surface area contributed by atoms with Gasteiger partial charge in [0.1, 0.15) is 5.75 Å². The van der Waals surface area contributed by atoms with Crippen molar-refractivity contribution in [3.05, 3.63) is 45.7 Å². The molecule has 1 aromatic carbocycles. The average Bonchev–Trinajstić information content (AvgIpc) is 2.66. The molecular weight excluding hydrogens is 262 g/mol. The monoisotopic (exact) mass is 279 g/mol. The summed E-state index contributed by atoms with van der Waals surface area (Å²) in [6.45, 7) is 5.01. The molecular formula is C14H18ClN3O. The van der Waals surface area contributed by atoms with Crippen LogP contribution >= 0.6 is 11.6 Å². The van der Waals surface area contributed by atoms with Crippen LogP contribution in [0.3, 0.4) is 0 Å². The van der Waals surface area contributed by atoms with Crippen LogP contribution in [-0.4, -0.2) is 16.9 Å². The Kier molecular flexibility index (Phi) is 4.12. The number of nitrogens with zero attached hydrogens (tertiary/aromatic N) is 2. The van der Waals surface area contributed by atoms with Crippen molar-refractivity contribution < 1.29 is 4.74 Å². The Morgan fingerprint density at radius 2 is 2.11 bits per heavy atom. The van der Waals surface area contributed by atoms with Crippen molar-refractivity contribution in [2.75, 3.05) is 7.11 Å². The van der Waals surface area contributed by atoms with Gasteiger partial charge in [0.2, 0.25) is 0 Å². The lowest BCUT2D eigenvalue weighted by Gasteiger charge is -2.10. The molecule has 19 heavy (non-hydrogen) atoms. The van der Waals surface area contributed by atoms with E-state index in [0.717, 1.165) is 33.3 Å². The van der Waals surface area contributed by atoms with Crippen molar-refractivity contribution in [3.8, 4) is 5.75 Å². The Morgan fingerprint density at radius 1 is 1.37 bits per heavy atom. The minimum Gasteiger partial charge on any atom is -0.496 e. The molecule has 0 unspecified atom stereocenters. The van der Waals surface area contributed by atoms with E-state index >= 15 is 0 Å². The molecule has 2 rings (SSSR count). The zero-order valence-corrected chi connectivity index (χ0v) is 12.2. The molecule has 0 saturated heterocycles. The van der Waals surface area contributed by atoms with Crippen LogP contribution in [0.2, 0.25) is 5.02 Å². The van der Waals surface area contributed by atoms with E-state index in [1.165, 1.54) is 0 Å². The molecule has 0 atom stereocenters.